The van der Waals surface area contributed by atoms with Crippen molar-refractivity contribution in [2.45, 2.75) is 26.2 Å². The predicted molar refractivity (Wildman–Crippen MR) is 87.5 cm³/mol. The highest BCUT2D eigenvalue weighted by molar-refractivity contribution is 5.93. The molecule has 1 aromatic carbocycles. The fraction of sp³-hybridized carbons (Fsp3) is 0.471. The van der Waals surface area contributed by atoms with Crippen molar-refractivity contribution in [3.05, 3.63) is 30.6 Å². The van der Waals surface area contributed by atoms with Crippen molar-refractivity contribution >= 4 is 22.6 Å². The number of anilines is 1. The van der Waals surface area contributed by atoms with Crippen LogP contribution in [0.5, 0.6) is 0 Å². The topological polar surface area (TPSA) is 66.9 Å². The molecule has 0 saturated carbocycles. The molecule has 1 aliphatic rings. The Morgan fingerprint density at radius 1 is 1.36 bits per heavy atom. The summed E-state index contributed by atoms with van der Waals surface area (Å²) in [5.74, 6) is 1.07. The lowest BCUT2D eigenvalue weighted by Crippen LogP contribution is -2.34. The third-order valence-corrected chi connectivity index (χ3v) is 4.40. The molecule has 1 saturated heterocycles. The van der Waals surface area contributed by atoms with Gasteiger partial charge in [0, 0.05) is 24.5 Å². The number of fused-ring (bicyclic) bond motifs is 1. The molecule has 0 spiro atoms. The number of carbonyl (C=O) groups excluding carboxylic acids is 1. The van der Waals surface area contributed by atoms with Crippen molar-refractivity contribution < 1.29 is 4.79 Å². The summed E-state index contributed by atoms with van der Waals surface area (Å²) in [7, 11) is 0. The first-order valence-electron chi connectivity index (χ1n) is 7.94. The molecule has 5 heteroatoms. The highest BCUT2D eigenvalue weighted by Gasteiger charge is 2.22. The van der Waals surface area contributed by atoms with Gasteiger partial charge in [-0.05, 0) is 56.0 Å². The van der Waals surface area contributed by atoms with E-state index in [1.54, 1.807) is 12.4 Å². The van der Waals surface area contributed by atoms with Crippen LogP contribution < -0.4 is 10.6 Å². The van der Waals surface area contributed by atoms with Gasteiger partial charge in [0.05, 0.1) is 11.0 Å². The number of hydrogen-bond acceptors (Lipinski definition) is 4. The maximum atomic E-state index is 12.2. The first-order valence-corrected chi connectivity index (χ1v) is 7.94. The van der Waals surface area contributed by atoms with Crippen LogP contribution in [0.4, 0.5) is 5.69 Å². The summed E-state index contributed by atoms with van der Waals surface area (Å²) in [5, 5.41) is 6.39. The lowest BCUT2D eigenvalue weighted by Gasteiger charge is -2.28. The fourth-order valence-electron chi connectivity index (χ4n) is 3.08. The Balaban J connectivity index is 1.60. The largest absolute Gasteiger partial charge is 0.326 e. The van der Waals surface area contributed by atoms with Gasteiger partial charge in [0.1, 0.15) is 0 Å². The van der Waals surface area contributed by atoms with Crippen LogP contribution in [0.1, 0.15) is 26.2 Å². The average molecular weight is 298 g/mol. The molecule has 1 fully saturated rings. The Morgan fingerprint density at radius 2 is 2.18 bits per heavy atom. The average Bonchev–Trinajstić information content (AvgIpc) is 2.55. The van der Waals surface area contributed by atoms with Crippen molar-refractivity contribution in [2.24, 2.45) is 11.8 Å². The van der Waals surface area contributed by atoms with Crippen molar-refractivity contribution in [2.75, 3.05) is 18.4 Å². The van der Waals surface area contributed by atoms with Gasteiger partial charge in [-0.1, -0.05) is 6.92 Å². The fourth-order valence-corrected chi connectivity index (χ4v) is 3.08. The lowest BCUT2D eigenvalue weighted by atomic mass is 9.85. The predicted octanol–water partition coefficient (Wildman–Crippen LogP) is 2.59. The molecule has 0 aliphatic carbocycles. The molecule has 2 aromatic rings. The molecule has 22 heavy (non-hydrogen) atoms. The Hall–Kier alpha value is -2.01. The third-order valence-electron chi connectivity index (χ3n) is 4.40. The first kappa shape index (κ1) is 14.9. The molecule has 1 aromatic heterocycles. The van der Waals surface area contributed by atoms with E-state index in [2.05, 4.69) is 27.5 Å². The molecule has 116 valence electrons. The van der Waals surface area contributed by atoms with Crippen LogP contribution in [0, 0.1) is 11.8 Å². The lowest BCUT2D eigenvalue weighted by molar-refractivity contribution is -0.117. The molecule has 1 aliphatic heterocycles. The second-order valence-corrected chi connectivity index (χ2v) is 6.10. The van der Waals surface area contributed by atoms with Gasteiger partial charge >= 0.3 is 0 Å². The van der Waals surface area contributed by atoms with E-state index in [0.717, 1.165) is 29.8 Å². The molecule has 1 amide bonds. The van der Waals surface area contributed by atoms with Gasteiger partial charge in [0.25, 0.3) is 0 Å². The van der Waals surface area contributed by atoms with Crippen LogP contribution in [0.25, 0.3) is 11.0 Å². The Morgan fingerprint density at radius 3 is 2.95 bits per heavy atom. The van der Waals surface area contributed by atoms with Crippen LogP contribution in [0.2, 0.25) is 0 Å². The van der Waals surface area contributed by atoms with E-state index in [-0.39, 0.29) is 5.91 Å². The summed E-state index contributed by atoms with van der Waals surface area (Å²) in [5.41, 5.74) is 2.42. The number of carbonyl (C=O) groups is 1. The monoisotopic (exact) mass is 298 g/mol. The van der Waals surface area contributed by atoms with E-state index in [1.807, 2.05) is 18.2 Å². The van der Waals surface area contributed by atoms with Crippen molar-refractivity contribution in [1.82, 2.24) is 15.3 Å². The zero-order valence-electron chi connectivity index (χ0n) is 12.9. The van der Waals surface area contributed by atoms with Crippen molar-refractivity contribution in [1.29, 1.82) is 0 Å². The minimum Gasteiger partial charge on any atom is -0.326 e. The van der Waals surface area contributed by atoms with E-state index < -0.39 is 0 Å². The van der Waals surface area contributed by atoms with Gasteiger partial charge in [-0.15, -0.1) is 0 Å². The molecule has 2 N–H and O–H groups in total. The van der Waals surface area contributed by atoms with Crippen LogP contribution >= 0.6 is 0 Å². The summed E-state index contributed by atoms with van der Waals surface area (Å²) in [6, 6.07) is 5.63. The second-order valence-electron chi connectivity index (χ2n) is 6.10. The standard InChI is InChI=1S/C17H22N4O/c1-12(13-3-2-6-18-11-13)9-17(22)21-14-4-5-15-16(10-14)20-8-7-19-15/h4-5,7-8,10,12-13,18H,2-3,6,9,11H2,1H3,(H,21,22). The van der Waals surface area contributed by atoms with Crippen molar-refractivity contribution in [3.8, 4) is 0 Å². The molecule has 2 atom stereocenters. The van der Waals surface area contributed by atoms with Gasteiger partial charge < -0.3 is 10.6 Å². The SMILES string of the molecule is CC(CC(=O)Nc1ccc2nccnc2c1)C1CCCNC1. The third kappa shape index (κ3) is 3.60. The number of hydrogen-bond donors (Lipinski definition) is 2. The van der Waals surface area contributed by atoms with E-state index in [9.17, 15) is 4.79 Å². The normalized spacial score (nSPS) is 19.8. The van der Waals surface area contributed by atoms with E-state index in [4.69, 9.17) is 0 Å². The summed E-state index contributed by atoms with van der Waals surface area (Å²) >= 11 is 0. The van der Waals surface area contributed by atoms with E-state index >= 15 is 0 Å². The van der Waals surface area contributed by atoms with Gasteiger partial charge in [-0.25, -0.2) is 0 Å². The number of amides is 1. The highest BCUT2D eigenvalue weighted by atomic mass is 16.1. The van der Waals surface area contributed by atoms with Crippen LogP contribution in [-0.2, 0) is 4.79 Å². The zero-order valence-corrected chi connectivity index (χ0v) is 12.9. The second kappa shape index (κ2) is 6.83. The summed E-state index contributed by atoms with van der Waals surface area (Å²) in [6.45, 7) is 4.30. The molecule has 5 nitrogen and oxygen atoms in total. The number of nitrogens with one attached hydrogen (secondary N) is 2. The molecule has 2 unspecified atom stereocenters. The van der Waals surface area contributed by atoms with Crippen LogP contribution in [0.15, 0.2) is 30.6 Å². The highest BCUT2D eigenvalue weighted by Crippen LogP contribution is 2.23. The zero-order chi connectivity index (χ0) is 15.4. The Bertz CT molecular complexity index is 652. The Labute approximate surface area is 130 Å². The van der Waals surface area contributed by atoms with Gasteiger partial charge in [0.2, 0.25) is 5.91 Å². The Kier molecular flexibility index (Phi) is 4.63. The minimum atomic E-state index is 0.0707. The maximum absolute atomic E-state index is 12.2. The number of nitrogens with zero attached hydrogens (tertiary/aromatic N) is 2. The van der Waals surface area contributed by atoms with E-state index in [1.165, 1.54) is 12.8 Å². The van der Waals surface area contributed by atoms with E-state index in [0.29, 0.717) is 18.3 Å². The molecular formula is C17H22N4O. The number of piperidine rings is 1. The number of aromatic nitrogens is 2. The maximum Gasteiger partial charge on any atom is 0.224 e. The summed E-state index contributed by atoms with van der Waals surface area (Å²) in [4.78, 5) is 20.7. The number of benzene rings is 1. The first-order chi connectivity index (χ1) is 10.7. The van der Waals surface area contributed by atoms with Gasteiger partial charge in [-0.3, -0.25) is 14.8 Å². The van der Waals surface area contributed by atoms with Crippen molar-refractivity contribution in [3.63, 3.8) is 0 Å². The summed E-state index contributed by atoms with van der Waals surface area (Å²) in [6.07, 6.45) is 6.31. The molecule has 2 heterocycles. The molecule has 0 bridgehead atoms. The van der Waals surface area contributed by atoms with Gasteiger partial charge in [-0.2, -0.15) is 0 Å². The minimum absolute atomic E-state index is 0.0707. The molecular weight excluding hydrogens is 276 g/mol. The smallest absolute Gasteiger partial charge is 0.224 e. The van der Waals surface area contributed by atoms with Gasteiger partial charge in [0.15, 0.2) is 0 Å². The number of rotatable bonds is 4. The molecule has 3 rings (SSSR count). The van der Waals surface area contributed by atoms with Crippen LogP contribution in [0.3, 0.4) is 0 Å². The quantitative estimate of drug-likeness (QED) is 0.910. The summed E-state index contributed by atoms with van der Waals surface area (Å²) < 4.78 is 0. The molecule has 0 radical (unpaired) electrons. The van der Waals surface area contributed by atoms with Crippen LogP contribution in [-0.4, -0.2) is 29.0 Å².